The molecule has 1 aliphatic rings. The maximum absolute atomic E-state index is 3.72. The van der Waals surface area contributed by atoms with Crippen LogP contribution in [0.2, 0.25) is 0 Å². The standard InChI is InChI=1S/C5H8N3/c1-2-4-8-5-3-6-7-8/h3H,2,4H2,1H3/q+1. The van der Waals surface area contributed by atoms with Gasteiger partial charge in [-0.2, -0.15) is 0 Å². The first kappa shape index (κ1) is 5.19. The molecule has 0 amide bonds. The molecule has 0 aromatic rings. The molecule has 0 spiro atoms. The average Bonchev–Trinajstić information content (AvgIpc) is 2.19. The predicted molar refractivity (Wildman–Crippen MR) is 29.7 cm³/mol. The highest BCUT2D eigenvalue weighted by atomic mass is 15.6. The Hall–Kier alpha value is -0.950. The van der Waals surface area contributed by atoms with Gasteiger partial charge < -0.3 is 0 Å². The van der Waals surface area contributed by atoms with E-state index in [1.54, 1.807) is 11.2 Å². The molecule has 0 aromatic carbocycles. The van der Waals surface area contributed by atoms with E-state index in [-0.39, 0.29) is 0 Å². The predicted octanol–water partition coefficient (Wildman–Crippen LogP) is 1.35. The van der Waals surface area contributed by atoms with E-state index in [0.717, 1.165) is 13.0 Å². The van der Waals surface area contributed by atoms with Gasteiger partial charge in [0.05, 0.1) is 6.54 Å². The molecule has 3 heteroatoms. The molecule has 0 saturated carbocycles. The van der Waals surface area contributed by atoms with E-state index in [1.165, 1.54) is 0 Å². The maximum Gasteiger partial charge on any atom is 0.418 e. The molecule has 1 aliphatic heterocycles. The summed E-state index contributed by atoms with van der Waals surface area (Å²) in [4.78, 5) is 0. The number of hydrogen-bond donors (Lipinski definition) is 0. The number of nitrogens with zero attached hydrogens (tertiary/aromatic N) is 3. The fourth-order valence-corrected chi connectivity index (χ4v) is 0.528. The van der Waals surface area contributed by atoms with Gasteiger partial charge >= 0.3 is 12.4 Å². The lowest BCUT2D eigenvalue weighted by atomic mass is 10.5. The molecule has 0 unspecified atom stereocenters. The second-order valence-corrected chi connectivity index (χ2v) is 1.59. The molecule has 8 heavy (non-hydrogen) atoms. The Morgan fingerprint density at radius 3 is 3.12 bits per heavy atom. The SMILES string of the molecule is CCCN1[C+]=CN=N1. The van der Waals surface area contributed by atoms with Crippen LogP contribution in [0.15, 0.2) is 16.5 Å². The number of rotatable bonds is 2. The lowest BCUT2D eigenvalue weighted by molar-refractivity contribution is 0.375. The molecule has 0 fully saturated rings. The van der Waals surface area contributed by atoms with Crippen molar-refractivity contribution in [3.63, 3.8) is 0 Å². The van der Waals surface area contributed by atoms with Gasteiger partial charge in [-0.1, -0.05) is 12.0 Å². The summed E-state index contributed by atoms with van der Waals surface area (Å²) >= 11 is 0. The molecule has 0 N–H and O–H groups in total. The fraction of sp³-hybridized carbons (Fsp3) is 0.600. The van der Waals surface area contributed by atoms with Gasteiger partial charge in [-0.25, -0.2) is 0 Å². The summed E-state index contributed by atoms with van der Waals surface area (Å²) in [5.41, 5.74) is 0. The second kappa shape index (κ2) is 2.38. The smallest absolute Gasteiger partial charge is 0.0769 e. The molecule has 3 nitrogen and oxygen atoms in total. The largest absolute Gasteiger partial charge is 0.418 e. The van der Waals surface area contributed by atoms with Gasteiger partial charge in [0.1, 0.15) is 0 Å². The van der Waals surface area contributed by atoms with Crippen LogP contribution in [0.25, 0.3) is 0 Å². The van der Waals surface area contributed by atoms with Gasteiger partial charge in [-0.05, 0) is 16.7 Å². The van der Waals surface area contributed by atoms with Crippen LogP contribution in [0.4, 0.5) is 0 Å². The van der Waals surface area contributed by atoms with Crippen LogP contribution in [0.5, 0.6) is 0 Å². The van der Waals surface area contributed by atoms with Gasteiger partial charge in [-0.15, -0.1) is 0 Å². The van der Waals surface area contributed by atoms with Crippen molar-refractivity contribution >= 4 is 0 Å². The third-order valence-electron chi connectivity index (χ3n) is 0.860. The Morgan fingerprint density at radius 1 is 1.75 bits per heavy atom. The molecule has 0 aliphatic carbocycles. The first-order valence-corrected chi connectivity index (χ1v) is 2.69. The minimum atomic E-state index is 0.917. The Labute approximate surface area is 48.7 Å². The minimum Gasteiger partial charge on any atom is -0.0769 e. The third kappa shape index (κ3) is 1.01. The molecule has 0 aromatic heterocycles. The van der Waals surface area contributed by atoms with Crippen molar-refractivity contribution in [3.05, 3.63) is 12.4 Å². The zero-order chi connectivity index (χ0) is 5.82. The third-order valence-corrected chi connectivity index (χ3v) is 0.860. The first-order chi connectivity index (χ1) is 3.93. The second-order valence-electron chi connectivity index (χ2n) is 1.59. The van der Waals surface area contributed by atoms with Crippen molar-refractivity contribution < 1.29 is 0 Å². The van der Waals surface area contributed by atoms with E-state index in [2.05, 4.69) is 23.5 Å². The molecule has 0 radical (unpaired) electrons. The molecule has 42 valence electrons. The molecular formula is C5H8N3+. The van der Waals surface area contributed by atoms with Crippen LogP contribution in [0.3, 0.4) is 0 Å². The molecule has 0 bridgehead atoms. The van der Waals surface area contributed by atoms with Gasteiger partial charge in [0.2, 0.25) is 0 Å². The minimum absolute atomic E-state index is 0.917. The van der Waals surface area contributed by atoms with Crippen LogP contribution in [0, 0.1) is 6.20 Å². The van der Waals surface area contributed by atoms with Crippen molar-refractivity contribution in [2.75, 3.05) is 6.54 Å². The Kier molecular flexibility index (Phi) is 1.55. The summed E-state index contributed by atoms with van der Waals surface area (Å²) in [5, 5.41) is 9.01. The van der Waals surface area contributed by atoms with Crippen molar-refractivity contribution in [2.45, 2.75) is 13.3 Å². The van der Waals surface area contributed by atoms with Crippen LogP contribution in [0.1, 0.15) is 13.3 Å². The highest BCUT2D eigenvalue weighted by molar-refractivity contribution is 4.72. The summed E-state index contributed by atoms with van der Waals surface area (Å²) in [6.45, 7) is 3.01. The molecular weight excluding hydrogens is 102 g/mol. The topological polar surface area (TPSA) is 28.0 Å². The monoisotopic (exact) mass is 110 g/mol. The summed E-state index contributed by atoms with van der Waals surface area (Å²) in [6.07, 6.45) is 5.48. The number of hydrogen-bond acceptors (Lipinski definition) is 3. The Bertz CT molecular complexity index is 105. The fourth-order valence-electron chi connectivity index (χ4n) is 0.528. The lowest BCUT2D eigenvalue weighted by Gasteiger charge is -1.90. The van der Waals surface area contributed by atoms with Crippen molar-refractivity contribution in [1.29, 1.82) is 0 Å². The van der Waals surface area contributed by atoms with Crippen LogP contribution < -0.4 is 0 Å². The Balaban J connectivity index is 2.27. The van der Waals surface area contributed by atoms with E-state index < -0.39 is 0 Å². The van der Waals surface area contributed by atoms with E-state index in [9.17, 15) is 0 Å². The van der Waals surface area contributed by atoms with Gasteiger partial charge in [0.15, 0.2) is 0 Å². The summed E-state index contributed by atoms with van der Waals surface area (Å²) in [6, 6.07) is 0. The van der Waals surface area contributed by atoms with E-state index in [0.29, 0.717) is 0 Å². The van der Waals surface area contributed by atoms with Gasteiger partial charge in [0.25, 0.3) is 0 Å². The maximum atomic E-state index is 3.72. The lowest BCUT2D eigenvalue weighted by Crippen LogP contribution is -2.07. The highest BCUT2D eigenvalue weighted by Gasteiger charge is 2.12. The molecule has 0 atom stereocenters. The normalized spacial score (nSPS) is 14.9. The van der Waals surface area contributed by atoms with Gasteiger partial charge in [0, 0.05) is 0 Å². The van der Waals surface area contributed by atoms with Gasteiger partial charge in [-0.3, -0.25) is 0 Å². The van der Waals surface area contributed by atoms with E-state index in [1.807, 2.05) is 0 Å². The summed E-state index contributed by atoms with van der Waals surface area (Å²) in [7, 11) is 0. The summed E-state index contributed by atoms with van der Waals surface area (Å²) < 4.78 is 0. The van der Waals surface area contributed by atoms with Crippen molar-refractivity contribution in [3.8, 4) is 0 Å². The zero-order valence-electron chi connectivity index (χ0n) is 4.83. The van der Waals surface area contributed by atoms with Crippen LogP contribution in [-0.4, -0.2) is 11.6 Å². The van der Waals surface area contributed by atoms with E-state index >= 15 is 0 Å². The van der Waals surface area contributed by atoms with Crippen molar-refractivity contribution in [2.24, 2.45) is 10.3 Å². The summed E-state index contributed by atoms with van der Waals surface area (Å²) in [5.74, 6) is 0. The Morgan fingerprint density at radius 2 is 2.62 bits per heavy atom. The highest BCUT2D eigenvalue weighted by Crippen LogP contribution is 1.99. The van der Waals surface area contributed by atoms with Crippen LogP contribution >= 0.6 is 0 Å². The first-order valence-electron chi connectivity index (χ1n) is 2.69. The average molecular weight is 110 g/mol. The molecule has 0 saturated heterocycles. The van der Waals surface area contributed by atoms with Crippen LogP contribution in [-0.2, 0) is 0 Å². The quantitative estimate of drug-likeness (QED) is 0.493. The van der Waals surface area contributed by atoms with Crippen molar-refractivity contribution in [1.82, 2.24) is 5.01 Å². The molecule has 1 rings (SSSR count). The molecule has 1 heterocycles. The zero-order valence-corrected chi connectivity index (χ0v) is 4.83. The van der Waals surface area contributed by atoms with E-state index in [4.69, 9.17) is 0 Å².